The summed E-state index contributed by atoms with van der Waals surface area (Å²) in [7, 11) is 0. The van der Waals surface area contributed by atoms with Crippen LogP contribution in [-0.4, -0.2) is 93.2 Å². The van der Waals surface area contributed by atoms with Gasteiger partial charge in [0.25, 0.3) is 0 Å². The highest BCUT2D eigenvalue weighted by atomic mass is 19.4. The average molecular weight is 743 g/mol. The molecule has 0 saturated heterocycles. The highest BCUT2D eigenvalue weighted by Gasteiger charge is 2.41. The molecule has 0 rings (SSSR count). The molecule has 0 bridgehead atoms. The fourth-order valence-corrected chi connectivity index (χ4v) is 2.47. The van der Waals surface area contributed by atoms with Crippen LogP contribution in [0.15, 0.2) is 0 Å². The number of hydrogen-bond donors (Lipinski definition) is 6. The lowest BCUT2D eigenvalue weighted by molar-refractivity contribution is -0.174. The zero-order valence-corrected chi connectivity index (χ0v) is 25.8. The number of aliphatic carboxylic acids is 2. The summed E-state index contributed by atoms with van der Waals surface area (Å²) < 4.78 is 142. The monoisotopic (exact) mass is 742 g/mol. The van der Waals surface area contributed by atoms with Crippen LogP contribution in [0.1, 0.15) is 53.4 Å². The topological polar surface area (TPSA) is 259 Å². The predicted octanol–water partition coefficient (Wildman–Crippen LogP) is 2.28. The van der Waals surface area contributed by atoms with E-state index in [1.165, 1.54) is 0 Å². The Morgan fingerprint density at radius 2 is 0.604 bits per heavy atom. The molecule has 0 fully saturated rings. The molecule has 0 aliphatic rings. The van der Waals surface area contributed by atoms with E-state index in [4.69, 9.17) is 43.4 Å². The number of hydrogen-bond acceptors (Lipinski definition) is 8. The molecule has 0 saturated carbocycles. The smallest absolute Gasteiger partial charge is 0.532 e. The van der Waals surface area contributed by atoms with Crippen molar-refractivity contribution >= 4 is 23.9 Å². The average Bonchev–Trinajstić information content (AvgIpc) is 2.87. The van der Waals surface area contributed by atoms with E-state index >= 15 is 0 Å². The molecule has 0 radical (unpaired) electrons. The fraction of sp³-hybridized carbons (Fsp3) is 0.833. The van der Waals surface area contributed by atoms with Crippen molar-refractivity contribution < 1.29 is 92.3 Å². The maximum absolute atomic E-state index is 11.8. The maximum atomic E-state index is 11.8. The number of carboxylic acids is 2. The Kier molecular flexibility index (Phi) is 23.5. The SMILES string of the molecule is C[C@@H](C[C@@H](N)C(=O)[OH2+])C(F)(F)F.C[C@@H](C[C@H](N)C(=O)O)C(F)(F)F.C[C@H](C[C@@H](N)C(=O)O)C(F)(F)F.C[C@H](C[C@H](N)C(=O)[OH2+])C(F)(F)F. The number of carbonyl (C=O) groups excluding carboxylic acids is 2. The first kappa shape index (κ1) is 51.7. The second-order valence-electron chi connectivity index (χ2n) is 10.5. The van der Waals surface area contributed by atoms with Crippen LogP contribution in [0, 0.1) is 23.7 Å². The third-order valence-electron chi connectivity index (χ3n) is 5.97. The summed E-state index contributed by atoms with van der Waals surface area (Å²) in [6, 6.07) is -5.55. The van der Waals surface area contributed by atoms with E-state index in [0.717, 1.165) is 27.7 Å². The van der Waals surface area contributed by atoms with Crippen molar-refractivity contribution in [3.8, 4) is 0 Å². The van der Waals surface area contributed by atoms with Gasteiger partial charge in [-0.15, -0.1) is 0 Å². The number of rotatable bonds is 12. The van der Waals surface area contributed by atoms with Crippen LogP contribution in [0.3, 0.4) is 0 Å². The van der Waals surface area contributed by atoms with Crippen LogP contribution in [0.25, 0.3) is 0 Å². The quantitative estimate of drug-likeness (QED) is 0.126. The van der Waals surface area contributed by atoms with Gasteiger partial charge in [-0.1, -0.05) is 27.7 Å². The Balaban J connectivity index is -0.000000269. The molecule has 14 N–H and O–H groups in total. The van der Waals surface area contributed by atoms with Crippen molar-refractivity contribution in [3.05, 3.63) is 0 Å². The minimum Gasteiger partial charge on any atom is -0.564 e. The Morgan fingerprint density at radius 1 is 0.458 bits per heavy atom. The Hall–Kier alpha value is -3.12. The molecule has 0 aromatic heterocycles. The minimum absolute atomic E-state index is 0.522. The summed E-state index contributed by atoms with van der Waals surface area (Å²) in [5, 5.41) is 29.3. The van der Waals surface area contributed by atoms with E-state index in [9.17, 15) is 71.9 Å². The normalized spacial score (nSPS) is 17.1. The second-order valence-corrected chi connectivity index (χ2v) is 10.5. The van der Waals surface area contributed by atoms with Crippen LogP contribution in [0.4, 0.5) is 52.7 Å². The van der Waals surface area contributed by atoms with Gasteiger partial charge in [0.2, 0.25) is 0 Å². The van der Waals surface area contributed by atoms with Gasteiger partial charge in [-0.2, -0.15) is 52.7 Å². The Bertz CT molecular complexity index is 827. The molecular weight excluding hydrogens is 700 g/mol. The van der Waals surface area contributed by atoms with Crippen molar-refractivity contribution in [1.82, 2.24) is 0 Å². The molecule has 0 amide bonds. The number of halogens is 12. The molecule has 0 aliphatic heterocycles. The lowest BCUT2D eigenvalue weighted by Gasteiger charge is -2.16. The number of alkyl halides is 12. The van der Waals surface area contributed by atoms with E-state index < -0.39 is 122 Å². The summed E-state index contributed by atoms with van der Waals surface area (Å²) in [5.74, 6) is -11.8. The van der Waals surface area contributed by atoms with Gasteiger partial charge in [-0.3, -0.25) is 9.59 Å². The first-order chi connectivity index (χ1) is 21.0. The fourth-order valence-electron chi connectivity index (χ4n) is 2.47. The summed E-state index contributed by atoms with van der Waals surface area (Å²) in [4.78, 5) is 40.5. The molecule has 0 unspecified atom stereocenters. The maximum Gasteiger partial charge on any atom is 0.532 e. The van der Waals surface area contributed by atoms with Gasteiger partial charge < -0.3 is 43.4 Å². The number of nitrogens with two attached hydrogens (primary N) is 4. The lowest BCUT2D eigenvalue weighted by Crippen LogP contribution is -2.35. The van der Waals surface area contributed by atoms with E-state index in [1.807, 2.05) is 0 Å². The van der Waals surface area contributed by atoms with E-state index in [0.29, 0.717) is 0 Å². The van der Waals surface area contributed by atoms with E-state index in [1.54, 1.807) is 0 Å². The second kappa shape index (κ2) is 21.8. The van der Waals surface area contributed by atoms with Gasteiger partial charge in [0.05, 0.1) is 23.7 Å². The third kappa shape index (κ3) is 26.9. The van der Waals surface area contributed by atoms with Gasteiger partial charge in [0.15, 0.2) is 12.1 Å². The highest BCUT2D eigenvalue weighted by Crippen LogP contribution is 2.31. The summed E-state index contributed by atoms with van der Waals surface area (Å²) >= 11 is 0. The molecule has 12 nitrogen and oxygen atoms in total. The zero-order chi connectivity index (χ0) is 39.8. The molecule has 0 aromatic carbocycles. The van der Waals surface area contributed by atoms with Gasteiger partial charge in [0, 0.05) is 9.59 Å². The van der Waals surface area contributed by atoms with Crippen molar-refractivity contribution in [2.24, 2.45) is 46.6 Å². The van der Waals surface area contributed by atoms with Crippen LogP contribution < -0.4 is 22.9 Å². The van der Waals surface area contributed by atoms with Crippen molar-refractivity contribution in [1.29, 1.82) is 0 Å². The van der Waals surface area contributed by atoms with Gasteiger partial charge >= 0.3 is 48.6 Å². The van der Waals surface area contributed by atoms with Crippen LogP contribution >= 0.6 is 0 Å². The van der Waals surface area contributed by atoms with E-state index in [-0.39, 0.29) is 0 Å². The Morgan fingerprint density at radius 3 is 0.708 bits per heavy atom. The zero-order valence-electron chi connectivity index (χ0n) is 25.8. The number of carbonyl (C=O) groups is 4. The van der Waals surface area contributed by atoms with E-state index in [2.05, 4.69) is 0 Å². The third-order valence-corrected chi connectivity index (χ3v) is 5.97. The molecule has 0 spiro atoms. The van der Waals surface area contributed by atoms with Crippen LogP contribution in [-0.2, 0) is 19.2 Å². The van der Waals surface area contributed by atoms with Gasteiger partial charge in [-0.05, 0) is 25.7 Å². The minimum atomic E-state index is -4.37. The van der Waals surface area contributed by atoms with Crippen LogP contribution in [0.5, 0.6) is 0 Å². The van der Waals surface area contributed by atoms with Crippen molar-refractivity contribution in [2.75, 3.05) is 0 Å². The molecule has 0 aliphatic carbocycles. The standard InChI is InChI=1S/4C6H10F3NO2/c4*1-3(6(7,8)9)2-4(10)5(11)12/h4*3-4H,2,10H2,1H3,(H,11,12)/p+2/t2*3-,4+;2*3-,4-/m1010/s1. The van der Waals surface area contributed by atoms with Gasteiger partial charge in [-0.25, -0.2) is 0 Å². The summed E-state index contributed by atoms with van der Waals surface area (Å²) in [5.41, 5.74) is 19.8. The largest absolute Gasteiger partial charge is 0.564 e. The molecule has 0 heterocycles. The van der Waals surface area contributed by atoms with Crippen molar-refractivity contribution in [3.63, 3.8) is 0 Å². The number of carboxylic acid groups (broad SMARTS) is 2. The molecule has 48 heavy (non-hydrogen) atoms. The predicted molar refractivity (Wildman–Crippen MR) is 144 cm³/mol. The molecule has 0 aromatic rings. The molecule has 8 atom stereocenters. The van der Waals surface area contributed by atoms with Gasteiger partial charge in [0.1, 0.15) is 12.1 Å². The lowest BCUT2D eigenvalue weighted by atomic mass is 10.0. The summed E-state index contributed by atoms with van der Waals surface area (Å²) in [6.07, 6.45) is -19.6. The molecule has 288 valence electrons. The molecular formula is C24H42F12N4O8+2. The van der Waals surface area contributed by atoms with Crippen LogP contribution in [0.2, 0.25) is 0 Å². The first-order valence-corrected chi connectivity index (χ1v) is 13.2. The highest BCUT2D eigenvalue weighted by molar-refractivity contribution is 5.74. The first-order valence-electron chi connectivity index (χ1n) is 13.2. The van der Waals surface area contributed by atoms with Crippen molar-refractivity contribution in [2.45, 2.75) is 102 Å². The summed E-state index contributed by atoms with van der Waals surface area (Å²) in [6.45, 7) is 3.68. The molecule has 24 heteroatoms. The Labute approximate surface area is 265 Å².